The minimum Gasteiger partial charge on any atom is -0.397 e. The van der Waals surface area contributed by atoms with Gasteiger partial charge in [0.05, 0.1) is 28.3 Å². The van der Waals surface area contributed by atoms with Gasteiger partial charge < -0.3 is 22.1 Å². The number of anilines is 4. The summed E-state index contributed by atoms with van der Waals surface area (Å²) in [5.41, 5.74) is 18.1. The second kappa shape index (κ2) is 7.47. The van der Waals surface area contributed by atoms with E-state index >= 15 is 0 Å². The molecule has 4 heteroatoms. The van der Waals surface area contributed by atoms with Gasteiger partial charge in [-0.15, -0.1) is 0 Å². The molecule has 24 heavy (non-hydrogen) atoms. The summed E-state index contributed by atoms with van der Waals surface area (Å²) in [4.78, 5) is 0. The van der Waals surface area contributed by atoms with Gasteiger partial charge in [0.25, 0.3) is 0 Å². The van der Waals surface area contributed by atoms with E-state index in [2.05, 4.69) is 49.6 Å². The molecule has 0 heterocycles. The van der Waals surface area contributed by atoms with Gasteiger partial charge in [-0.1, -0.05) is 26.0 Å². The average molecular weight is 326 g/mol. The molecular formula is C20H30N4. The Bertz CT molecular complexity index is 690. The zero-order chi connectivity index (χ0) is 17.7. The normalized spacial score (nSPS) is 11.3. The molecule has 0 unspecified atom stereocenters. The number of hydrogen-bond acceptors (Lipinski definition) is 4. The van der Waals surface area contributed by atoms with Gasteiger partial charge >= 0.3 is 0 Å². The molecule has 2 rings (SSSR count). The van der Waals surface area contributed by atoms with E-state index in [9.17, 15) is 0 Å². The molecule has 2 aromatic carbocycles. The van der Waals surface area contributed by atoms with E-state index in [0.29, 0.717) is 0 Å². The summed E-state index contributed by atoms with van der Waals surface area (Å²) in [6.45, 7) is 9.27. The van der Waals surface area contributed by atoms with Gasteiger partial charge in [0.1, 0.15) is 0 Å². The maximum Gasteiger partial charge on any atom is 0.0579 e. The third kappa shape index (κ3) is 4.13. The van der Waals surface area contributed by atoms with E-state index in [0.717, 1.165) is 42.1 Å². The highest BCUT2D eigenvalue weighted by molar-refractivity contribution is 5.69. The van der Waals surface area contributed by atoms with E-state index in [1.54, 1.807) is 0 Å². The fraction of sp³-hybridized carbons (Fsp3) is 0.400. The van der Waals surface area contributed by atoms with E-state index in [-0.39, 0.29) is 5.54 Å². The van der Waals surface area contributed by atoms with Crippen molar-refractivity contribution in [3.05, 3.63) is 47.5 Å². The SMILES string of the molecule is CCC(CC)(CNc1ccc(C)cc1N)Nc1ccc(C)cc1N. The minimum atomic E-state index is -0.0826. The molecule has 0 aliphatic rings. The molecule has 0 amide bonds. The predicted octanol–water partition coefficient (Wildman–Crippen LogP) is 4.55. The standard InChI is InChI=1S/C20H30N4/c1-5-20(6-2,24-19-10-8-15(4)12-17(19)22)13-23-18-9-7-14(3)11-16(18)21/h7-12,23-24H,5-6,13,21-22H2,1-4H3. The topological polar surface area (TPSA) is 76.1 Å². The quantitative estimate of drug-likeness (QED) is 0.563. The summed E-state index contributed by atoms with van der Waals surface area (Å²) in [6, 6.07) is 12.3. The smallest absolute Gasteiger partial charge is 0.0579 e. The number of nitrogen functional groups attached to an aromatic ring is 2. The molecule has 130 valence electrons. The number of nitrogens with one attached hydrogen (secondary N) is 2. The Morgan fingerprint density at radius 3 is 1.79 bits per heavy atom. The van der Waals surface area contributed by atoms with Crippen molar-refractivity contribution in [3.63, 3.8) is 0 Å². The molecule has 2 aromatic rings. The van der Waals surface area contributed by atoms with Crippen molar-refractivity contribution in [2.45, 2.75) is 46.1 Å². The first-order valence-electron chi connectivity index (χ1n) is 8.63. The van der Waals surface area contributed by atoms with Crippen molar-refractivity contribution < 1.29 is 0 Å². The highest BCUT2D eigenvalue weighted by atomic mass is 15.1. The Morgan fingerprint density at radius 2 is 1.33 bits per heavy atom. The van der Waals surface area contributed by atoms with Crippen LogP contribution in [0.2, 0.25) is 0 Å². The van der Waals surface area contributed by atoms with Crippen LogP contribution < -0.4 is 22.1 Å². The van der Waals surface area contributed by atoms with Crippen LogP contribution in [-0.4, -0.2) is 12.1 Å². The van der Waals surface area contributed by atoms with Crippen LogP contribution >= 0.6 is 0 Å². The second-order valence-electron chi connectivity index (χ2n) is 6.65. The van der Waals surface area contributed by atoms with Gasteiger partial charge in [-0.3, -0.25) is 0 Å². The Balaban J connectivity index is 2.17. The summed E-state index contributed by atoms with van der Waals surface area (Å²) >= 11 is 0. The van der Waals surface area contributed by atoms with Crippen molar-refractivity contribution >= 4 is 22.7 Å². The third-order valence-electron chi connectivity index (χ3n) is 4.78. The number of hydrogen-bond donors (Lipinski definition) is 4. The van der Waals surface area contributed by atoms with Crippen LogP contribution in [0.5, 0.6) is 0 Å². The number of benzene rings is 2. The molecular weight excluding hydrogens is 296 g/mol. The highest BCUT2D eigenvalue weighted by Crippen LogP contribution is 2.29. The van der Waals surface area contributed by atoms with Gasteiger partial charge in [-0.2, -0.15) is 0 Å². The summed E-state index contributed by atoms with van der Waals surface area (Å²) in [6.07, 6.45) is 1.96. The van der Waals surface area contributed by atoms with Crippen molar-refractivity contribution in [1.82, 2.24) is 0 Å². The summed E-state index contributed by atoms with van der Waals surface area (Å²) in [5.74, 6) is 0. The Kier molecular flexibility index (Phi) is 5.60. The zero-order valence-electron chi connectivity index (χ0n) is 15.2. The maximum atomic E-state index is 6.18. The molecule has 0 spiro atoms. The van der Waals surface area contributed by atoms with Crippen LogP contribution in [0.15, 0.2) is 36.4 Å². The Hall–Kier alpha value is -2.36. The Morgan fingerprint density at radius 1 is 0.833 bits per heavy atom. The first kappa shape index (κ1) is 18.0. The second-order valence-corrected chi connectivity index (χ2v) is 6.65. The zero-order valence-corrected chi connectivity index (χ0v) is 15.2. The molecule has 0 saturated carbocycles. The van der Waals surface area contributed by atoms with Crippen LogP contribution in [0, 0.1) is 13.8 Å². The number of rotatable bonds is 7. The van der Waals surface area contributed by atoms with Crippen molar-refractivity contribution in [2.75, 3.05) is 28.6 Å². The van der Waals surface area contributed by atoms with Crippen LogP contribution in [0.4, 0.5) is 22.7 Å². The van der Waals surface area contributed by atoms with Crippen molar-refractivity contribution in [1.29, 1.82) is 0 Å². The largest absolute Gasteiger partial charge is 0.397 e. The van der Waals surface area contributed by atoms with E-state index < -0.39 is 0 Å². The van der Waals surface area contributed by atoms with Gasteiger partial charge in [0, 0.05) is 6.54 Å². The molecule has 0 aliphatic heterocycles. The first-order valence-corrected chi connectivity index (χ1v) is 8.63. The molecule has 0 fully saturated rings. The van der Waals surface area contributed by atoms with Gasteiger partial charge in [0.15, 0.2) is 0 Å². The monoisotopic (exact) mass is 326 g/mol. The lowest BCUT2D eigenvalue weighted by atomic mass is 9.91. The van der Waals surface area contributed by atoms with Gasteiger partial charge in [-0.05, 0) is 62.1 Å². The lowest BCUT2D eigenvalue weighted by Crippen LogP contribution is -2.44. The van der Waals surface area contributed by atoms with Crippen LogP contribution in [0.25, 0.3) is 0 Å². The van der Waals surface area contributed by atoms with Crippen LogP contribution in [0.3, 0.4) is 0 Å². The first-order chi connectivity index (χ1) is 11.4. The Labute approximate surface area is 145 Å². The van der Waals surface area contributed by atoms with Gasteiger partial charge in [0.2, 0.25) is 0 Å². The predicted molar refractivity (Wildman–Crippen MR) is 107 cm³/mol. The maximum absolute atomic E-state index is 6.18. The molecule has 0 radical (unpaired) electrons. The summed E-state index contributed by atoms with van der Waals surface area (Å²) < 4.78 is 0. The number of aryl methyl sites for hydroxylation is 2. The molecule has 0 atom stereocenters. The van der Waals surface area contributed by atoms with Crippen LogP contribution in [-0.2, 0) is 0 Å². The minimum absolute atomic E-state index is 0.0826. The highest BCUT2D eigenvalue weighted by Gasteiger charge is 2.26. The molecule has 0 aliphatic carbocycles. The fourth-order valence-corrected chi connectivity index (χ4v) is 2.91. The average Bonchev–Trinajstić information content (AvgIpc) is 2.55. The molecule has 0 saturated heterocycles. The molecule has 0 aromatic heterocycles. The van der Waals surface area contributed by atoms with Gasteiger partial charge in [-0.25, -0.2) is 0 Å². The van der Waals surface area contributed by atoms with Crippen molar-refractivity contribution in [3.8, 4) is 0 Å². The summed E-state index contributed by atoms with van der Waals surface area (Å²) in [7, 11) is 0. The van der Waals surface area contributed by atoms with Crippen molar-refractivity contribution in [2.24, 2.45) is 0 Å². The number of nitrogens with two attached hydrogens (primary N) is 2. The van der Waals surface area contributed by atoms with E-state index in [4.69, 9.17) is 11.5 Å². The van der Waals surface area contributed by atoms with E-state index in [1.165, 1.54) is 11.1 Å². The lowest BCUT2D eigenvalue weighted by molar-refractivity contribution is 0.458. The van der Waals surface area contributed by atoms with E-state index in [1.807, 2.05) is 25.1 Å². The molecule has 6 N–H and O–H groups in total. The summed E-state index contributed by atoms with van der Waals surface area (Å²) in [5, 5.41) is 7.17. The fourth-order valence-electron chi connectivity index (χ4n) is 2.91. The van der Waals surface area contributed by atoms with Crippen LogP contribution in [0.1, 0.15) is 37.8 Å². The lowest BCUT2D eigenvalue weighted by Gasteiger charge is -2.35. The third-order valence-corrected chi connectivity index (χ3v) is 4.78. The molecule has 4 nitrogen and oxygen atoms in total. The molecule has 0 bridgehead atoms.